The van der Waals surface area contributed by atoms with Gasteiger partial charge in [-0.2, -0.15) is 0 Å². The molecule has 0 saturated carbocycles. The molecular weight excluding hydrogens is 297 g/mol. The van der Waals surface area contributed by atoms with Gasteiger partial charge in [0.2, 0.25) is 5.91 Å². The third-order valence-electron chi connectivity index (χ3n) is 2.95. The molecule has 2 aromatic rings. The average Bonchev–Trinajstić information content (AvgIpc) is 2.56. The lowest BCUT2D eigenvalue weighted by Gasteiger charge is -2.03. The van der Waals surface area contributed by atoms with Crippen molar-refractivity contribution in [3.63, 3.8) is 0 Å². The van der Waals surface area contributed by atoms with E-state index in [1.165, 1.54) is 30.3 Å². The molecule has 0 fully saturated rings. The van der Waals surface area contributed by atoms with Gasteiger partial charge < -0.3 is 10.1 Å². The molecule has 0 unspecified atom stereocenters. The van der Waals surface area contributed by atoms with E-state index in [-0.39, 0.29) is 11.6 Å². The van der Waals surface area contributed by atoms with Crippen LogP contribution in [0.15, 0.2) is 60.7 Å². The van der Waals surface area contributed by atoms with E-state index in [9.17, 15) is 14.0 Å². The second-order valence-corrected chi connectivity index (χ2v) is 4.65. The van der Waals surface area contributed by atoms with Crippen molar-refractivity contribution in [2.45, 2.75) is 6.92 Å². The summed E-state index contributed by atoms with van der Waals surface area (Å²) in [5.74, 6) is -0.454. The second kappa shape index (κ2) is 7.89. The van der Waals surface area contributed by atoms with Gasteiger partial charge in [-0.1, -0.05) is 0 Å². The van der Waals surface area contributed by atoms with Crippen molar-refractivity contribution >= 4 is 17.4 Å². The van der Waals surface area contributed by atoms with Crippen molar-refractivity contribution in [2.75, 3.05) is 11.9 Å². The Bertz CT molecular complexity index is 706. The van der Waals surface area contributed by atoms with Gasteiger partial charge in [0.15, 0.2) is 5.78 Å². The highest BCUT2D eigenvalue weighted by Crippen LogP contribution is 2.13. The molecule has 0 atom stereocenters. The maximum absolute atomic E-state index is 12.8. The van der Waals surface area contributed by atoms with E-state index in [4.69, 9.17) is 4.74 Å². The van der Waals surface area contributed by atoms with Crippen LogP contribution < -0.4 is 10.1 Å². The van der Waals surface area contributed by atoms with E-state index in [0.29, 0.717) is 23.6 Å². The number of ether oxygens (including phenoxy) is 1. The number of ketones is 1. The van der Waals surface area contributed by atoms with Crippen LogP contribution in [0.1, 0.15) is 17.3 Å². The minimum absolute atomic E-state index is 0.290. The number of amides is 1. The molecule has 0 saturated heterocycles. The monoisotopic (exact) mass is 313 g/mol. The van der Waals surface area contributed by atoms with Crippen LogP contribution >= 0.6 is 0 Å². The third kappa shape index (κ3) is 5.07. The fourth-order valence-corrected chi connectivity index (χ4v) is 1.85. The molecule has 0 aliphatic carbocycles. The molecule has 0 aliphatic rings. The minimum Gasteiger partial charge on any atom is -0.494 e. The number of rotatable bonds is 6. The Kier molecular flexibility index (Phi) is 5.63. The molecule has 2 aromatic carbocycles. The molecule has 118 valence electrons. The lowest BCUT2D eigenvalue weighted by Crippen LogP contribution is -2.08. The molecule has 4 nitrogen and oxygen atoms in total. The smallest absolute Gasteiger partial charge is 0.248 e. The number of hydrogen-bond donors (Lipinski definition) is 1. The van der Waals surface area contributed by atoms with Crippen molar-refractivity contribution in [1.29, 1.82) is 0 Å². The largest absolute Gasteiger partial charge is 0.494 e. The highest BCUT2D eigenvalue weighted by molar-refractivity contribution is 6.09. The first kappa shape index (κ1) is 16.4. The zero-order valence-electron chi connectivity index (χ0n) is 12.6. The number of carbonyl (C=O) groups is 2. The van der Waals surface area contributed by atoms with Gasteiger partial charge in [0.1, 0.15) is 11.6 Å². The highest BCUT2D eigenvalue weighted by atomic mass is 19.1. The predicted octanol–water partition coefficient (Wildman–Crippen LogP) is 3.60. The van der Waals surface area contributed by atoms with Crippen molar-refractivity contribution in [3.05, 3.63) is 72.1 Å². The number of allylic oxidation sites excluding steroid dienone is 1. The van der Waals surface area contributed by atoms with Crippen molar-refractivity contribution in [1.82, 2.24) is 0 Å². The Morgan fingerprint density at radius 3 is 2.30 bits per heavy atom. The van der Waals surface area contributed by atoms with Gasteiger partial charge >= 0.3 is 0 Å². The van der Waals surface area contributed by atoms with Crippen LogP contribution in [0.25, 0.3) is 0 Å². The van der Waals surface area contributed by atoms with E-state index in [1.54, 1.807) is 24.3 Å². The first-order chi connectivity index (χ1) is 11.1. The molecule has 0 spiro atoms. The van der Waals surface area contributed by atoms with Gasteiger partial charge in [0.05, 0.1) is 6.61 Å². The molecule has 0 aliphatic heterocycles. The zero-order valence-corrected chi connectivity index (χ0v) is 12.6. The summed E-state index contributed by atoms with van der Waals surface area (Å²) in [4.78, 5) is 23.7. The lowest BCUT2D eigenvalue weighted by molar-refractivity contribution is -0.111. The van der Waals surface area contributed by atoms with Crippen LogP contribution in [0.2, 0.25) is 0 Å². The quantitative estimate of drug-likeness (QED) is 0.655. The summed E-state index contributed by atoms with van der Waals surface area (Å²) in [5.41, 5.74) is 0.911. The molecule has 0 bridgehead atoms. The predicted molar refractivity (Wildman–Crippen MR) is 86.1 cm³/mol. The fourth-order valence-electron chi connectivity index (χ4n) is 1.85. The number of anilines is 1. The SMILES string of the molecule is CCOc1ccc(C(=O)/C=C/C(=O)Nc2ccc(F)cc2)cc1. The van der Waals surface area contributed by atoms with Crippen molar-refractivity contribution in [2.24, 2.45) is 0 Å². The van der Waals surface area contributed by atoms with E-state index in [0.717, 1.165) is 6.08 Å². The van der Waals surface area contributed by atoms with Crippen LogP contribution in [-0.2, 0) is 4.79 Å². The molecule has 23 heavy (non-hydrogen) atoms. The average molecular weight is 313 g/mol. The Morgan fingerprint density at radius 1 is 1.04 bits per heavy atom. The summed E-state index contributed by atoms with van der Waals surface area (Å²) in [6.07, 6.45) is 2.33. The number of carbonyl (C=O) groups excluding carboxylic acids is 2. The van der Waals surface area contributed by atoms with E-state index in [1.807, 2.05) is 6.92 Å². The maximum Gasteiger partial charge on any atom is 0.248 e. The molecule has 0 heterocycles. The standard InChI is InChI=1S/C18H16FNO3/c1-2-23-16-9-3-13(4-10-16)17(21)11-12-18(22)20-15-7-5-14(19)6-8-15/h3-12H,2H2,1H3,(H,20,22)/b12-11+. The first-order valence-electron chi connectivity index (χ1n) is 7.10. The topological polar surface area (TPSA) is 55.4 Å². The number of nitrogens with one attached hydrogen (secondary N) is 1. The Hall–Kier alpha value is -2.95. The van der Waals surface area contributed by atoms with Crippen LogP contribution in [0, 0.1) is 5.82 Å². The lowest BCUT2D eigenvalue weighted by atomic mass is 10.1. The van der Waals surface area contributed by atoms with E-state index >= 15 is 0 Å². The number of halogens is 1. The molecule has 0 aromatic heterocycles. The van der Waals surface area contributed by atoms with E-state index < -0.39 is 5.91 Å². The molecule has 1 N–H and O–H groups in total. The molecule has 5 heteroatoms. The fraction of sp³-hybridized carbons (Fsp3) is 0.111. The summed E-state index contributed by atoms with van der Waals surface area (Å²) in [7, 11) is 0. The third-order valence-corrected chi connectivity index (χ3v) is 2.95. The second-order valence-electron chi connectivity index (χ2n) is 4.65. The summed E-state index contributed by atoms with van der Waals surface area (Å²) in [6, 6.07) is 12.0. The molecule has 2 rings (SSSR count). The maximum atomic E-state index is 12.8. The van der Waals surface area contributed by atoms with Gasteiger partial charge in [-0.25, -0.2) is 4.39 Å². The molecule has 1 amide bonds. The first-order valence-corrected chi connectivity index (χ1v) is 7.10. The van der Waals surface area contributed by atoms with Gasteiger partial charge in [-0.05, 0) is 61.5 Å². The Labute approximate surface area is 133 Å². The summed E-state index contributed by atoms with van der Waals surface area (Å²) in [6.45, 7) is 2.43. The summed E-state index contributed by atoms with van der Waals surface area (Å²) < 4.78 is 18.1. The number of hydrogen-bond acceptors (Lipinski definition) is 3. The van der Waals surface area contributed by atoms with Crippen LogP contribution in [-0.4, -0.2) is 18.3 Å². The van der Waals surface area contributed by atoms with Gasteiger partial charge in [0, 0.05) is 17.3 Å². The van der Waals surface area contributed by atoms with Crippen LogP contribution in [0.5, 0.6) is 5.75 Å². The summed E-state index contributed by atoms with van der Waals surface area (Å²) >= 11 is 0. The van der Waals surface area contributed by atoms with E-state index in [2.05, 4.69) is 5.32 Å². The van der Waals surface area contributed by atoms with Crippen molar-refractivity contribution in [3.8, 4) is 5.75 Å². The number of benzene rings is 2. The molecule has 0 radical (unpaired) electrons. The highest BCUT2D eigenvalue weighted by Gasteiger charge is 2.04. The van der Waals surface area contributed by atoms with Gasteiger partial charge in [-0.3, -0.25) is 9.59 Å². The Balaban J connectivity index is 1.94. The zero-order chi connectivity index (χ0) is 16.7. The summed E-state index contributed by atoms with van der Waals surface area (Å²) in [5, 5.41) is 2.54. The van der Waals surface area contributed by atoms with Crippen molar-refractivity contribution < 1.29 is 18.7 Å². The van der Waals surface area contributed by atoms with Crippen LogP contribution in [0.4, 0.5) is 10.1 Å². The molecular formula is C18H16FNO3. The Morgan fingerprint density at radius 2 is 1.70 bits per heavy atom. The minimum atomic E-state index is -0.462. The normalized spacial score (nSPS) is 10.5. The van der Waals surface area contributed by atoms with Gasteiger partial charge in [0.25, 0.3) is 0 Å². The van der Waals surface area contributed by atoms with Gasteiger partial charge in [-0.15, -0.1) is 0 Å². The van der Waals surface area contributed by atoms with Crippen LogP contribution in [0.3, 0.4) is 0 Å².